The smallest absolute Gasteiger partial charge is 0.246 e. The van der Waals surface area contributed by atoms with Crippen molar-refractivity contribution >= 4 is 17.5 Å². The van der Waals surface area contributed by atoms with Crippen LogP contribution in [0, 0.1) is 0 Å². The lowest BCUT2D eigenvalue weighted by atomic mass is 10.2. The molecule has 0 aliphatic carbocycles. The lowest BCUT2D eigenvalue weighted by Gasteiger charge is -2.34. The Labute approximate surface area is 198 Å². The molecule has 0 spiro atoms. The Morgan fingerprint density at radius 1 is 1.12 bits per heavy atom. The Balaban J connectivity index is 1.54. The zero-order valence-electron chi connectivity index (χ0n) is 20.0. The molecule has 2 aromatic heterocycles. The molecule has 1 saturated heterocycles. The molecule has 3 aromatic rings. The molecule has 34 heavy (non-hydrogen) atoms. The molecule has 3 heterocycles. The van der Waals surface area contributed by atoms with Crippen molar-refractivity contribution < 1.29 is 19.0 Å². The summed E-state index contributed by atoms with van der Waals surface area (Å²) in [6, 6.07) is 7.47. The number of rotatable bonds is 10. The van der Waals surface area contributed by atoms with Crippen LogP contribution < -0.4 is 19.3 Å². The summed E-state index contributed by atoms with van der Waals surface area (Å²) in [6.45, 7) is 4.18. The number of ether oxygens (including phenoxy) is 3. The summed E-state index contributed by atoms with van der Waals surface area (Å²) >= 11 is 0. The zero-order chi connectivity index (χ0) is 24.1. The fourth-order valence-electron chi connectivity index (χ4n) is 3.97. The van der Waals surface area contributed by atoms with Gasteiger partial charge in [0.2, 0.25) is 11.9 Å². The number of nitrogens with zero attached hydrogens (tertiary/aromatic N) is 7. The average molecular weight is 470 g/mol. The quantitative estimate of drug-likeness (QED) is 0.444. The molecule has 1 unspecified atom stereocenters. The number of anilines is 2. The van der Waals surface area contributed by atoms with Crippen molar-refractivity contribution in [2.24, 2.45) is 7.05 Å². The van der Waals surface area contributed by atoms with Crippen LogP contribution in [-0.2, 0) is 29.7 Å². The Bertz CT molecular complexity index is 1110. The van der Waals surface area contributed by atoms with Gasteiger partial charge in [0.15, 0.2) is 17.3 Å². The second-order valence-corrected chi connectivity index (χ2v) is 8.07. The molecule has 1 atom stereocenters. The van der Waals surface area contributed by atoms with Crippen LogP contribution in [0.25, 0.3) is 0 Å². The molecule has 0 N–H and O–H groups in total. The zero-order valence-corrected chi connectivity index (χ0v) is 20.0. The van der Waals surface area contributed by atoms with Crippen molar-refractivity contribution in [1.29, 1.82) is 0 Å². The number of para-hydroxylation sites is 2. The van der Waals surface area contributed by atoms with Crippen molar-refractivity contribution in [3.05, 3.63) is 42.5 Å². The maximum Gasteiger partial charge on any atom is 0.246 e. The summed E-state index contributed by atoms with van der Waals surface area (Å²) in [5.41, 5.74) is 0.796. The first-order valence-electron chi connectivity index (χ1n) is 11.3. The fraction of sp³-hybridized carbons (Fsp3) is 0.478. The fourth-order valence-corrected chi connectivity index (χ4v) is 3.97. The minimum atomic E-state index is -0.0212. The largest absolute Gasteiger partial charge is 0.493 e. The third-order valence-electron chi connectivity index (χ3n) is 5.92. The van der Waals surface area contributed by atoms with Gasteiger partial charge in [-0.25, -0.2) is 0 Å². The van der Waals surface area contributed by atoms with E-state index in [-0.39, 0.29) is 25.2 Å². The Morgan fingerprint density at radius 3 is 2.56 bits per heavy atom. The van der Waals surface area contributed by atoms with Gasteiger partial charge in [-0.05, 0) is 18.6 Å². The van der Waals surface area contributed by atoms with Crippen LogP contribution in [0.15, 0.2) is 36.7 Å². The van der Waals surface area contributed by atoms with Crippen LogP contribution in [0.4, 0.5) is 11.6 Å². The molecular formula is C23H31N7O4. The summed E-state index contributed by atoms with van der Waals surface area (Å²) in [6.07, 6.45) is 4.35. The second kappa shape index (κ2) is 10.6. The number of hydrogen-bond donors (Lipinski definition) is 0. The molecule has 1 aliphatic rings. The van der Waals surface area contributed by atoms with Gasteiger partial charge in [-0.1, -0.05) is 19.1 Å². The summed E-state index contributed by atoms with van der Waals surface area (Å²) in [4.78, 5) is 16.7. The summed E-state index contributed by atoms with van der Waals surface area (Å²) in [5.74, 6) is 2.54. The highest BCUT2D eigenvalue weighted by Crippen LogP contribution is 2.27. The summed E-state index contributed by atoms with van der Waals surface area (Å²) in [7, 11) is 5.13. The van der Waals surface area contributed by atoms with Crippen molar-refractivity contribution in [3.63, 3.8) is 0 Å². The molecule has 1 aliphatic heterocycles. The molecule has 0 bridgehead atoms. The molecule has 4 rings (SSSR count). The van der Waals surface area contributed by atoms with Gasteiger partial charge >= 0.3 is 0 Å². The average Bonchev–Trinajstić information content (AvgIpc) is 3.47. The normalized spacial score (nSPS) is 15.0. The van der Waals surface area contributed by atoms with Gasteiger partial charge < -0.3 is 24.0 Å². The van der Waals surface area contributed by atoms with E-state index in [2.05, 4.69) is 22.2 Å². The molecule has 1 fully saturated rings. The van der Waals surface area contributed by atoms with Gasteiger partial charge in [0.1, 0.15) is 13.2 Å². The highest BCUT2D eigenvalue weighted by molar-refractivity contribution is 5.97. The first-order chi connectivity index (χ1) is 16.5. The first kappa shape index (κ1) is 23.6. The van der Waals surface area contributed by atoms with Gasteiger partial charge in [-0.15, -0.1) is 10.2 Å². The molecule has 1 amide bonds. The SMILES string of the molecule is CCC(Cn1c(COc2ccccc2OC)nnc1N1CCN(c2cnn(C)c2)C(=O)C1)OC. The number of amides is 1. The van der Waals surface area contributed by atoms with Crippen molar-refractivity contribution in [3.8, 4) is 11.5 Å². The molecular weight excluding hydrogens is 438 g/mol. The minimum absolute atomic E-state index is 0.0144. The van der Waals surface area contributed by atoms with E-state index in [1.807, 2.05) is 47.0 Å². The lowest BCUT2D eigenvalue weighted by Crippen LogP contribution is -2.51. The van der Waals surface area contributed by atoms with E-state index < -0.39 is 0 Å². The lowest BCUT2D eigenvalue weighted by molar-refractivity contribution is -0.117. The number of aryl methyl sites for hydroxylation is 1. The van der Waals surface area contributed by atoms with Gasteiger partial charge in [0, 0.05) is 33.4 Å². The Hall–Kier alpha value is -3.60. The van der Waals surface area contributed by atoms with E-state index in [4.69, 9.17) is 14.2 Å². The standard InChI is InChI=1S/C23H31N7O4/c1-5-18(32-3)14-30-21(16-34-20-9-7-6-8-19(20)33-4)25-26-23(30)28-10-11-29(22(31)15-28)17-12-24-27(2)13-17/h6-9,12-13,18H,5,10-11,14-16H2,1-4H3. The van der Waals surface area contributed by atoms with E-state index in [0.29, 0.717) is 42.9 Å². The van der Waals surface area contributed by atoms with Gasteiger partial charge in [0.05, 0.1) is 31.6 Å². The summed E-state index contributed by atoms with van der Waals surface area (Å²) < 4.78 is 20.7. The molecule has 182 valence electrons. The first-order valence-corrected chi connectivity index (χ1v) is 11.3. The van der Waals surface area contributed by atoms with E-state index in [1.165, 1.54) is 0 Å². The van der Waals surface area contributed by atoms with Crippen LogP contribution >= 0.6 is 0 Å². The van der Waals surface area contributed by atoms with Crippen molar-refractivity contribution in [1.82, 2.24) is 24.5 Å². The van der Waals surface area contributed by atoms with Crippen LogP contribution in [0.2, 0.25) is 0 Å². The van der Waals surface area contributed by atoms with Crippen molar-refractivity contribution in [2.45, 2.75) is 32.6 Å². The highest BCUT2D eigenvalue weighted by atomic mass is 16.5. The molecule has 1 aromatic carbocycles. The monoisotopic (exact) mass is 469 g/mol. The summed E-state index contributed by atoms with van der Waals surface area (Å²) in [5, 5.41) is 13.0. The third-order valence-corrected chi connectivity index (χ3v) is 5.92. The number of carbonyl (C=O) groups is 1. The van der Waals surface area contributed by atoms with Gasteiger partial charge in [-0.3, -0.25) is 14.0 Å². The third kappa shape index (κ3) is 4.98. The van der Waals surface area contributed by atoms with Crippen LogP contribution in [0.5, 0.6) is 11.5 Å². The Kier molecular flexibility index (Phi) is 7.31. The second-order valence-electron chi connectivity index (χ2n) is 8.07. The molecule has 0 radical (unpaired) electrons. The van der Waals surface area contributed by atoms with Crippen LogP contribution in [-0.4, -0.2) is 70.4 Å². The highest BCUT2D eigenvalue weighted by Gasteiger charge is 2.30. The Morgan fingerprint density at radius 2 is 1.91 bits per heavy atom. The minimum Gasteiger partial charge on any atom is -0.493 e. The van der Waals surface area contributed by atoms with Crippen LogP contribution in [0.1, 0.15) is 19.2 Å². The van der Waals surface area contributed by atoms with Gasteiger partial charge in [0.25, 0.3) is 0 Å². The maximum atomic E-state index is 12.9. The van der Waals surface area contributed by atoms with Crippen molar-refractivity contribution in [2.75, 3.05) is 43.7 Å². The number of piperazine rings is 1. The predicted octanol–water partition coefficient (Wildman–Crippen LogP) is 1.88. The molecule has 11 heteroatoms. The number of methoxy groups -OCH3 is 2. The number of benzene rings is 1. The number of aromatic nitrogens is 5. The number of hydrogen-bond acceptors (Lipinski definition) is 8. The van der Waals surface area contributed by atoms with E-state index in [9.17, 15) is 4.79 Å². The topological polar surface area (TPSA) is 99.8 Å². The molecule has 0 saturated carbocycles. The molecule has 11 nitrogen and oxygen atoms in total. The van der Waals surface area contributed by atoms with E-state index in [1.54, 1.807) is 30.0 Å². The van der Waals surface area contributed by atoms with Gasteiger partial charge in [-0.2, -0.15) is 5.10 Å². The van der Waals surface area contributed by atoms with E-state index in [0.717, 1.165) is 12.1 Å². The maximum absolute atomic E-state index is 12.9. The number of carbonyl (C=O) groups excluding carboxylic acids is 1. The van der Waals surface area contributed by atoms with E-state index >= 15 is 0 Å². The van der Waals surface area contributed by atoms with Crippen LogP contribution in [0.3, 0.4) is 0 Å². The predicted molar refractivity (Wildman–Crippen MR) is 126 cm³/mol.